The molecule has 34 heavy (non-hydrogen) atoms. The summed E-state index contributed by atoms with van der Waals surface area (Å²) in [4.78, 5) is 45.2. The number of nitro groups is 2. The fourth-order valence-corrected chi connectivity index (χ4v) is 2.93. The molecule has 0 radical (unpaired) electrons. The molecule has 0 aromatic heterocycles. The molecule has 2 amide bonds. The average Bonchev–Trinajstić information content (AvgIpc) is 2.80. The lowest BCUT2D eigenvalue weighted by molar-refractivity contribution is -0.387. The number of amides is 2. The molecule has 2 N–H and O–H groups in total. The number of ether oxygens (including phenoxy) is 1. The van der Waals surface area contributed by atoms with E-state index in [2.05, 4.69) is 10.6 Å². The van der Waals surface area contributed by atoms with Crippen LogP contribution >= 0.6 is 0 Å². The minimum atomic E-state index is -1.27. The van der Waals surface area contributed by atoms with Gasteiger partial charge in [0.2, 0.25) is 11.6 Å². The minimum Gasteiger partial charge on any atom is -0.496 e. The fraction of sp³-hybridized carbons (Fsp3) is 0.0476. The van der Waals surface area contributed by atoms with E-state index in [0.717, 1.165) is 30.3 Å². The number of carbonyl (C=O) groups is 2. The zero-order valence-electron chi connectivity index (χ0n) is 17.2. The molecule has 0 saturated heterocycles. The van der Waals surface area contributed by atoms with Gasteiger partial charge in [0.25, 0.3) is 11.8 Å². The number of nitro benzene ring substituents is 2. The minimum absolute atomic E-state index is 0.0126. The topological polar surface area (TPSA) is 154 Å². The summed E-state index contributed by atoms with van der Waals surface area (Å²) in [6, 6.07) is 9.97. The SMILES string of the molecule is COc1ccc(C(=O)Nc2cccc([N+](=O)[O-])c2F)cc1C(=O)Nc1cccc([N+](=O)[O-])c1F. The van der Waals surface area contributed by atoms with Crippen molar-refractivity contribution in [3.05, 3.63) is 97.6 Å². The van der Waals surface area contributed by atoms with Gasteiger partial charge in [0, 0.05) is 17.7 Å². The van der Waals surface area contributed by atoms with Crippen LogP contribution in [0.5, 0.6) is 5.75 Å². The van der Waals surface area contributed by atoms with Crippen molar-refractivity contribution in [2.75, 3.05) is 17.7 Å². The van der Waals surface area contributed by atoms with Crippen molar-refractivity contribution >= 4 is 34.6 Å². The molecule has 0 atom stereocenters. The van der Waals surface area contributed by atoms with Crippen LogP contribution in [-0.2, 0) is 0 Å². The third-order valence-corrected chi connectivity index (χ3v) is 4.55. The van der Waals surface area contributed by atoms with Crippen molar-refractivity contribution in [3.8, 4) is 5.75 Å². The van der Waals surface area contributed by atoms with Gasteiger partial charge in [0.1, 0.15) is 5.75 Å². The number of hydrogen-bond acceptors (Lipinski definition) is 7. The van der Waals surface area contributed by atoms with Gasteiger partial charge in [-0.15, -0.1) is 0 Å². The molecule has 0 aliphatic rings. The van der Waals surface area contributed by atoms with Crippen LogP contribution in [-0.4, -0.2) is 28.8 Å². The van der Waals surface area contributed by atoms with E-state index in [1.54, 1.807) is 0 Å². The predicted octanol–water partition coefficient (Wildman–Crippen LogP) is 4.29. The van der Waals surface area contributed by atoms with E-state index in [9.17, 15) is 38.6 Å². The standard InChI is InChI=1S/C21H14F2N4O7/c1-34-17-9-8-11(20(28)24-13-4-2-6-15(18(13)22)26(30)31)10-12(17)21(29)25-14-5-3-7-16(19(14)23)27(32)33/h2-10H,1H3,(H,24,28)(H,25,29). The van der Waals surface area contributed by atoms with Crippen LogP contribution in [0.15, 0.2) is 54.6 Å². The molecule has 0 bridgehead atoms. The number of methoxy groups -OCH3 is 1. The molecule has 0 aliphatic carbocycles. The van der Waals surface area contributed by atoms with E-state index in [4.69, 9.17) is 4.74 Å². The van der Waals surface area contributed by atoms with Crippen LogP contribution in [0.4, 0.5) is 31.5 Å². The zero-order chi connectivity index (χ0) is 25.0. The first-order chi connectivity index (χ1) is 16.1. The van der Waals surface area contributed by atoms with Gasteiger partial charge in [-0.05, 0) is 30.3 Å². The van der Waals surface area contributed by atoms with Gasteiger partial charge in [-0.2, -0.15) is 8.78 Å². The van der Waals surface area contributed by atoms with Crippen molar-refractivity contribution in [3.63, 3.8) is 0 Å². The molecule has 0 fully saturated rings. The van der Waals surface area contributed by atoms with Crippen LogP contribution in [0.3, 0.4) is 0 Å². The molecule has 3 aromatic carbocycles. The Hall–Kier alpha value is -4.94. The normalized spacial score (nSPS) is 10.3. The van der Waals surface area contributed by atoms with Gasteiger partial charge in [-0.3, -0.25) is 29.8 Å². The number of nitrogens with one attached hydrogen (secondary N) is 2. The molecule has 0 unspecified atom stereocenters. The van der Waals surface area contributed by atoms with Gasteiger partial charge < -0.3 is 15.4 Å². The highest BCUT2D eigenvalue weighted by Crippen LogP contribution is 2.28. The van der Waals surface area contributed by atoms with Gasteiger partial charge >= 0.3 is 11.4 Å². The number of carbonyl (C=O) groups excluding carboxylic acids is 2. The highest BCUT2D eigenvalue weighted by atomic mass is 19.1. The summed E-state index contributed by atoms with van der Waals surface area (Å²) < 4.78 is 33.7. The Bertz CT molecular complexity index is 1330. The Morgan fingerprint density at radius 2 is 1.32 bits per heavy atom. The first-order valence-corrected chi connectivity index (χ1v) is 9.30. The molecule has 0 saturated carbocycles. The van der Waals surface area contributed by atoms with E-state index in [1.807, 2.05) is 0 Å². The highest BCUT2D eigenvalue weighted by molar-refractivity contribution is 6.10. The molecule has 11 nitrogen and oxygen atoms in total. The monoisotopic (exact) mass is 472 g/mol. The van der Waals surface area contributed by atoms with E-state index < -0.39 is 56.0 Å². The molecular weight excluding hydrogens is 458 g/mol. The van der Waals surface area contributed by atoms with Gasteiger partial charge in [-0.1, -0.05) is 12.1 Å². The summed E-state index contributed by atoms with van der Waals surface area (Å²) in [5, 5.41) is 26.1. The number of hydrogen-bond donors (Lipinski definition) is 2. The van der Waals surface area contributed by atoms with Crippen molar-refractivity contribution in [2.45, 2.75) is 0 Å². The van der Waals surface area contributed by atoms with Crippen LogP contribution < -0.4 is 15.4 Å². The van der Waals surface area contributed by atoms with E-state index in [1.165, 1.54) is 31.4 Å². The number of halogens is 2. The largest absolute Gasteiger partial charge is 0.496 e. The van der Waals surface area contributed by atoms with Crippen LogP contribution in [0.1, 0.15) is 20.7 Å². The molecule has 13 heteroatoms. The van der Waals surface area contributed by atoms with Gasteiger partial charge in [0.15, 0.2) is 0 Å². The summed E-state index contributed by atoms with van der Waals surface area (Å²) in [5.74, 6) is -4.39. The van der Waals surface area contributed by atoms with Crippen molar-refractivity contribution in [2.24, 2.45) is 0 Å². The molecule has 0 aliphatic heterocycles. The van der Waals surface area contributed by atoms with E-state index >= 15 is 0 Å². The second-order valence-corrected chi connectivity index (χ2v) is 6.61. The quantitative estimate of drug-likeness (QED) is 0.384. The second-order valence-electron chi connectivity index (χ2n) is 6.61. The Labute approximate surface area is 189 Å². The second kappa shape index (κ2) is 9.68. The first kappa shape index (κ1) is 23.7. The van der Waals surface area contributed by atoms with E-state index in [0.29, 0.717) is 0 Å². The van der Waals surface area contributed by atoms with Crippen LogP contribution in [0.25, 0.3) is 0 Å². The number of rotatable bonds is 7. The first-order valence-electron chi connectivity index (χ1n) is 9.30. The Morgan fingerprint density at radius 3 is 1.79 bits per heavy atom. The molecular formula is C21H14F2N4O7. The summed E-state index contributed by atoms with van der Waals surface area (Å²) >= 11 is 0. The molecule has 174 valence electrons. The summed E-state index contributed by atoms with van der Waals surface area (Å²) in [7, 11) is 1.23. The van der Waals surface area contributed by atoms with Gasteiger partial charge in [-0.25, -0.2) is 0 Å². The lowest BCUT2D eigenvalue weighted by atomic mass is 10.1. The Kier molecular flexibility index (Phi) is 6.76. The number of nitrogens with zero attached hydrogens (tertiary/aromatic N) is 2. The lowest BCUT2D eigenvalue weighted by Crippen LogP contribution is -2.18. The average molecular weight is 472 g/mol. The van der Waals surface area contributed by atoms with Crippen molar-refractivity contribution in [1.82, 2.24) is 0 Å². The maximum Gasteiger partial charge on any atom is 0.306 e. The zero-order valence-corrected chi connectivity index (χ0v) is 17.2. The van der Waals surface area contributed by atoms with E-state index in [-0.39, 0.29) is 16.9 Å². The third-order valence-electron chi connectivity index (χ3n) is 4.55. The lowest BCUT2D eigenvalue weighted by Gasteiger charge is -2.12. The summed E-state index contributed by atoms with van der Waals surface area (Å²) in [6.07, 6.45) is 0. The van der Waals surface area contributed by atoms with Gasteiger partial charge in [0.05, 0.1) is 33.9 Å². The summed E-state index contributed by atoms with van der Waals surface area (Å²) in [5.41, 5.74) is -3.02. The molecule has 0 spiro atoms. The maximum atomic E-state index is 14.3. The molecule has 3 aromatic rings. The summed E-state index contributed by atoms with van der Waals surface area (Å²) in [6.45, 7) is 0. The van der Waals surface area contributed by atoms with Crippen molar-refractivity contribution in [1.29, 1.82) is 0 Å². The fourth-order valence-electron chi connectivity index (χ4n) is 2.93. The van der Waals surface area contributed by atoms with Crippen LogP contribution in [0, 0.1) is 31.9 Å². The molecule has 0 heterocycles. The molecule has 3 rings (SSSR count). The maximum absolute atomic E-state index is 14.3. The number of anilines is 2. The predicted molar refractivity (Wildman–Crippen MR) is 115 cm³/mol. The smallest absolute Gasteiger partial charge is 0.306 e. The highest BCUT2D eigenvalue weighted by Gasteiger charge is 2.23. The Balaban J connectivity index is 1.91. The number of benzene rings is 3. The van der Waals surface area contributed by atoms with Crippen LogP contribution in [0.2, 0.25) is 0 Å². The third kappa shape index (κ3) is 4.77. The van der Waals surface area contributed by atoms with Crippen molar-refractivity contribution < 1.29 is 33.0 Å². The Morgan fingerprint density at radius 1 is 0.824 bits per heavy atom.